The molecule has 32 heteroatoms. The van der Waals surface area contributed by atoms with Gasteiger partial charge in [-0.05, 0) is 282 Å². The van der Waals surface area contributed by atoms with E-state index < -0.39 is 46.0 Å². The number of nitrogens with one attached hydrogen (secondary N) is 4. The number of nitriles is 1. The zero-order valence-electron chi connectivity index (χ0n) is 75.4. The molecule has 20 rings (SSSR count). The predicted octanol–water partition coefficient (Wildman–Crippen LogP) is 19.9. The van der Waals surface area contributed by atoms with Crippen molar-refractivity contribution in [3.8, 4) is 51.2 Å². The quantitative estimate of drug-likeness (QED) is 0.0698. The number of aryl methyl sites for hydroxylation is 6. The molecular weight excluding hydrogens is 1830 g/mol. The monoisotopic (exact) mass is 1920 g/mol. The number of sulfonamides is 4. The highest BCUT2D eigenvalue weighted by Crippen LogP contribution is 2.38. The molecule has 690 valence electrons. The Hall–Kier alpha value is -15.2. The molecule has 137 heavy (non-hydrogen) atoms. The molecule has 4 aliphatic rings. The first-order valence-electron chi connectivity index (χ1n) is 44.2. The van der Waals surface area contributed by atoms with E-state index in [9.17, 15) is 58.1 Å². The summed E-state index contributed by atoms with van der Waals surface area (Å²) in [5.74, 6) is -0.0953. The number of nitrogens with zero attached hydrogens (tertiary/aromatic N) is 11. The molecule has 0 unspecified atom stereocenters. The lowest BCUT2D eigenvalue weighted by Gasteiger charge is -2.18. The minimum atomic E-state index is -3.38. The second-order valence-electron chi connectivity index (χ2n) is 33.7. The average molecular weight is 1920 g/mol. The second kappa shape index (κ2) is 39.4. The third-order valence-corrected chi connectivity index (χ3v) is 32.1. The summed E-state index contributed by atoms with van der Waals surface area (Å²) in [5, 5.41) is 26.0. The minimum absolute atomic E-state index is 0.0818. The fourth-order valence-corrected chi connectivity index (χ4v) is 23.5. The number of rotatable bonds is 16. The van der Waals surface area contributed by atoms with Gasteiger partial charge in [-0.15, -0.1) is 0 Å². The average Bonchev–Trinajstić information content (AvgIpc) is 1.79. The number of para-hydroxylation sites is 2. The molecule has 0 radical (unpaired) electrons. The maximum absolute atomic E-state index is 13.1. The van der Waals surface area contributed by atoms with Gasteiger partial charge in [0.25, 0.3) is 23.6 Å². The lowest BCUT2D eigenvalue weighted by molar-refractivity contribution is 0.101. The molecule has 4 saturated heterocycles. The Morgan fingerprint density at radius 2 is 0.737 bits per heavy atom. The molecule has 11 aromatic carbocycles. The summed E-state index contributed by atoms with van der Waals surface area (Å²) < 4.78 is 103. The van der Waals surface area contributed by atoms with Crippen LogP contribution in [0.4, 0.5) is 45.5 Å². The Bertz CT molecular complexity index is 7550. The van der Waals surface area contributed by atoms with Crippen molar-refractivity contribution in [3.05, 3.63) is 346 Å². The number of carbonyl (C=O) groups excluding carboxylic acids is 4. The Morgan fingerprint density at radius 3 is 1.24 bits per heavy atom. The molecule has 9 heterocycles. The third-order valence-electron chi connectivity index (χ3n) is 24.3. The van der Waals surface area contributed by atoms with Gasteiger partial charge in [-0.25, -0.2) is 53.6 Å². The van der Waals surface area contributed by atoms with Gasteiger partial charge in [-0.3, -0.25) is 46.4 Å². The van der Waals surface area contributed by atoms with E-state index in [1.807, 2.05) is 204 Å². The highest BCUT2D eigenvalue weighted by atomic mass is 35.5. The van der Waals surface area contributed by atoms with Gasteiger partial charge in [0, 0.05) is 123 Å². The molecule has 4 amide bonds. The van der Waals surface area contributed by atoms with Gasteiger partial charge in [0.1, 0.15) is 6.07 Å². The number of hydrogen-bond acceptors (Lipinski definition) is 19. The van der Waals surface area contributed by atoms with Crippen molar-refractivity contribution in [2.45, 2.75) is 67.2 Å². The van der Waals surface area contributed by atoms with Crippen molar-refractivity contribution in [2.75, 3.05) is 87.7 Å². The van der Waals surface area contributed by atoms with Crippen molar-refractivity contribution >= 4 is 164 Å². The molecule has 0 bridgehead atoms. The molecule has 16 aromatic rings. The predicted molar refractivity (Wildman–Crippen MR) is 543 cm³/mol. The van der Waals surface area contributed by atoms with Crippen molar-refractivity contribution in [2.24, 2.45) is 0 Å². The zero-order valence-corrected chi connectivity index (χ0v) is 79.4. The van der Waals surface area contributed by atoms with Crippen LogP contribution in [-0.2, 0) is 40.1 Å². The van der Waals surface area contributed by atoms with Gasteiger partial charge >= 0.3 is 0 Å². The number of amides is 4. The first-order chi connectivity index (χ1) is 65.8. The lowest BCUT2D eigenvalue weighted by atomic mass is 9.99. The van der Waals surface area contributed by atoms with Crippen LogP contribution < -0.4 is 38.5 Å². The summed E-state index contributed by atoms with van der Waals surface area (Å²) in [6.07, 6.45) is 7.65. The van der Waals surface area contributed by atoms with Crippen LogP contribution in [0.1, 0.15) is 106 Å². The van der Waals surface area contributed by atoms with Gasteiger partial charge in [-0.1, -0.05) is 96.5 Å². The van der Waals surface area contributed by atoms with Crippen LogP contribution in [0.15, 0.2) is 279 Å². The summed E-state index contributed by atoms with van der Waals surface area (Å²) in [5.41, 5.74) is 20.6. The number of fused-ring (bicyclic) bond motifs is 4. The SMILES string of the molecule is Cc1cc(N2CCCS2(=O)=O)ccc1C(=O)Nc1ccc(C)c(-c2ccc3ccccc3n2)c1.Cc1cc(N2CCCS2(=O)=O)ccc1C(=O)Nc1ccc(C)c(-c2ncc3ccccc3n2)c1.Cc1cc(N2CCCS2(=O)=O)ccc1C(=O)Nc1ccc(Cl)c(-c2ccc3ncccc3n2)c1.Cc1ccc(NC(=O)c2ccc(N3CCCS3(=O)=O)cc2C#N)cc1-c1nccc2ccccc12. The Balaban J connectivity index is 0.000000127. The van der Waals surface area contributed by atoms with Gasteiger partial charge in [-0.2, -0.15) is 5.26 Å². The van der Waals surface area contributed by atoms with Crippen LogP contribution in [0.5, 0.6) is 0 Å². The van der Waals surface area contributed by atoms with E-state index in [1.54, 1.807) is 110 Å². The number of pyridine rings is 4. The number of halogens is 1. The second-order valence-corrected chi connectivity index (χ2v) is 42.1. The molecule has 4 N–H and O–H groups in total. The fourth-order valence-electron chi connectivity index (χ4n) is 17.1. The largest absolute Gasteiger partial charge is 0.322 e. The summed E-state index contributed by atoms with van der Waals surface area (Å²) in [6.45, 7) is 13.2. The fraction of sp³-hybridized carbons (Fsp3) is 0.171. The van der Waals surface area contributed by atoms with Crippen LogP contribution >= 0.6 is 11.6 Å². The molecule has 0 spiro atoms. The van der Waals surface area contributed by atoms with E-state index in [2.05, 4.69) is 46.2 Å². The van der Waals surface area contributed by atoms with Gasteiger partial charge in [0.15, 0.2) is 5.82 Å². The van der Waals surface area contributed by atoms with Crippen LogP contribution in [0.25, 0.3) is 88.8 Å². The van der Waals surface area contributed by atoms with E-state index in [1.165, 1.54) is 29.4 Å². The highest BCUT2D eigenvalue weighted by molar-refractivity contribution is 7.94. The van der Waals surface area contributed by atoms with Gasteiger partial charge < -0.3 is 21.3 Å². The first-order valence-corrected chi connectivity index (χ1v) is 51.0. The Kier molecular flexibility index (Phi) is 26.9. The molecule has 4 aliphatic heterocycles. The first kappa shape index (κ1) is 93.6. The summed E-state index contributed by atoms with van der Waals surface area (Å²) >= 11 is 6.44. The minimum Gasteiger partial charge on any atom is -0.322 e. The third kappa shape index (κ3) is 20.6. The topological polar surface area (TPSA) is 367 Å². The van der Waals surface area contributed by atoms with E-state index in [0.717, 1.165) is 93.9 Å². The molecule has 5 aromatic heterocycles. The molecular formula is C105H92ClN15O12S4. The normalized spacial score (nSPS) is 14.8. The number of aromatic nitrogens is 6. The molecule has 0 aliphatic carbocycles. The van der Waals surface area contributed by atoms with Crippen LogP contribution in [-0.4, -0.2) is 136 Å². The van der Waals surface area contributed by atoms with Crippen molar-refractivity contribution in [1.82, 2.24) is 29.9 Å². The van der Waals surface area contributed by atoms with E-state index in [0.29, 0.717) is 147 Å². The van der Waals surface area contributed by atoms with E-state index in [-0.39, 0.29) is 51.9 Å². The lowest BCUT2D eigenvalue weighted by Crippen LogP contribution is -2.25. The van der Waals surface area contributed by atoms with Gasteiger partial charge in [0.05, 0.1) is 101 Å². The smallest absolute Gasteiger partial charge is 0.257 e. The van der Waals surface area contributed by atoms with Crippen molar-refractivity contribution < 1.29 is 52.8 Å². The maximum atomic E-state index is 13.1. The Labute approximate surface area is 798 Å². The number of carbonyl (C=O) groups is 4. The highest BCUT2D eigenvalue weighted by Gasteiger charge is 2.34. The van der Waals surface area contributed by atoms with Crippen LogP contribution in [0.3, 0.4) is 0 Å². The number of anilines is 8. The Morgan fingerprint density at radius 1 is 0.336 bits per heavy atom. The van der Waals surface area contributed by atoms with Crippen LogP contribution in [0, 0.1) is 52.9 Å². The van der Waals surface area contributed by atoms with E-state index >= 15 is 0 Å². The van der Waals surface area contributed by atoms with Gasteiger partial charge in [0.2, 0.25) is 40.1 Å². The molecule has 4 fully saturated rings. The summed E-state index contributed by atoms with van der Waals surface area (Å²) in [4.78, 5) is 79.7. The standard InChI is InChI=1S/C27H22N4O3S.C27H25N3O3S.C26H24N4O3S.C25H21ClN4O3S/c1-18-7-8-21(16-25(18)26-23-6-3-2-5-19(23)11-12-29-26)30-27(32)24-10-9-22(15-20(24)17-28)31-13-4-14-35(31,33)34;1-18-8-10-21(17-24(18)26-13-9-20-6-3-4-7-25(20)29-26)28-27(31)23-12-11-22(16-19(23)2)30-14-5-15-34(30,32)33;1-17-8-9-20(15-23(17)25-27-16-19-6-3-4-7-24(19)29-25)28-26(31)22-11-10-21(14-18(22)2)30-12-5-13-34(30,32)33;1-16-14-18(30-12-3-13-34(30,32)33)6-7-19(16)25(31)28-17-5-8-21(26)20(15-17)22-9-10-23-24(29-22)4-2-11-27-23/h2-3,5-12,15-16H,4,13-14H2,1H3,(H,30,32);3-4,6-13,16-17H,5,14-15H2,1-2H3,(H,28,31);3-4,6-11,14-16H,5,12-13H2,1-2H3,(H,28,31);2,4-11,14-15H,3,12-13H2,1H3,(H,28,31). The number of hydrogen-bond donors (Lipinski definition) is 4. The van der Waals surface area contributed by atoms with Crippen molar-refractivity contribution in [3.63, 3.8) is 0 Å². The van der Waals surface area contributed by atoms with Crippen molar-refractivity contribution in [1.29, 1.82) is 5.26 Å². The molecule has 0 atom stereocenters. The summed E-state index contributed by atoms with van der Waals surface area (Å²) in [6, 6.07) is 81.3. The van der Waals surface area contributed by atoms with Crippen LogP contribution in [0.2, 0.25) is 5.02 Å². The number of benzene rings is 11. The summed E-state index contributed by atoms with van der Waals surface area (Å²) in [7, 11) is -13.2. The zero-order chi connectivity index (χ0) is 96.2. The molecule has 0 saturated carbocycles. The maximum Gasteiger partial charge on any atom is 0.257 e. The van der Waals surface area contributed by atoms with E-state index in [4.69, 9.17) is 16.6 Å². The molecule has 27 nitrogen and oxygen atoms in total.